The molecule has 0 fully saturated rings. The minimum atomic E-state index is -4.95. The van der Waals surface area contributed by atoms with E-state index < -0.39 is 29.2 Å². The van der Waals surface area contributed by atoms with E-state index in [9.17, 15) is 22.8 Å². The van der Waals surface area contributed by atoms with Gasteiger partial charge in [0.1, 0.15) is 11.3 Å². The van der Waals surface area contributed by atoms with Gasteiger partial charge < -0.3 is 9.84 Å². The monoisotopic (exact) mass is 300 g/mol. The Morgan fingerprint density at radius 1 is 1.24 bits per heavy atom. The average Bonchev–Trinajstić information content (AvgIpc) is 2.38. The molecule has 0 aliphatic heterocycles. The quantitative estimate of drug-likeness (QED) is 0.935. The first-order valence-corrected chi connectivity index (χ1v) is 5.46. The Morgan fingerprint density at radius 2 is 1.90 bits per heavy atom. The molecule has 1 N–H and O–H groups in total. The maximum absolute atomic E-state index is 12.3. The maximum atomic E-state index is 12.3. The number of carbonyl (C=O) groups is 1. The number of ether oxygens (including phenoxy) is 1. The fourth-order valence-corrected chi connectivity index (χ4v) is 1.59. The van der Waals surface area contributed by atoms with Crippen molar-refractivity contribution in [3.8, 4) is 11.4 Å². The SMILES string of the molecule is O=C(O)c1ccnn(-c2ccccc2OC(F)(F)F)c1=O. The maximum Gasteiger partial charge on any atom is 0.573 e. The highest BCUT2D eigenvalue weighted by atomic mass is 19.4. The molecule has 0 bridgehead atoms. The molecular formula is C12H7F3N2O4. The first-order valence-electron chi connectivity index (χ1n) is 5.46. The fraction of sp³-hybridized carbons (Fsp3) is 0.0833. The molecule has 0 radical (unpaired) electrons. The third-order valence-corrected chi connectivity index (χ3v) is 2.40. The van der Waals surface area contributed by atoms with E-state index in [2.05, 4.69) is 9.84 Å². The summed E-state index contributed by atoms with van der Waals surface area (Å²) >= 11 is 0. The van der Waals surface area contributed by atoms with E-state index in [0.29, 0.717) is 4.68 Å². The number of aromatic nitrogens is 2. The molecule has 0 aliphatic carbocycles. The lowest BCUT2D eigenvalue weighted by Crippen LogP contribution is -2.28. The molecule has 0 aliphatic rings. The summed E-state index contributed by atoms with van der Waals surface area (Å²) in [7, 11) is 0. The van der Waals surface area contributed by atoms with Crippen molar-refractivity contribution >= 4 is 5.97 Å². The Kier molecular flexibility index (Phi) is 3.66. The topological polar surface area (TPSA) is 81.4 Å². The van der Waals surface area contributed by atoms with E-state index >= 15 is 0 Å². The predicted molar refractivity (Wildman–Crippen MR) is 63.5 cm³/mol. The van der Waals surface area contributed by atoms with Crippen molar-refractivity contribution in [2.75, 3.05) is 0 Å². The number of rotatable bonds is 3. The summed E-state index contributed by atoms with van der Waals surface area (Å²) in [6, 6.07) is 5.73. The van der Waals surface area contributed by atoms with Gasteiger partial charge in [-0.05, 0) is 18.2 Å². The lowest BCUT2D eigenvalue weighted by Gasteiger charge is -2.13. The highest BCUT2D eigenvalue weighted by Gasteiger charge is 2.32. The number of alkyl halides is 3. The van der Waals surface area contributed by atoms with Crippen LogP contribution in [0.5, 0.6) is 5.75 Å². The lowest BCUT2D eigenvalue weighted by atomic mass is 10.2. The number of benzene rings is 1. The van der Waals surface area contributed by atoms with Gasteiger partial charge in [0.25, 0.3) is 5.56 Å². The zero-order valence-electron chi connectivity index (χ0n) is 10.2. The molecule has 9 heteroatoms. The second-order valence-corrected chi connectivity index (χ2v) is 3.78. The number of halogens is 3. The Labute approximate surface area is 115 Å². The molecule has 2 rings (SSSR count). The summed E-state index contributed by atoms with van der Waals surface area (Å²) in [4.78, 5) is 22.8. The van der Waals surface area contributed by atoms with Crippen LogP contribution in [0, 0.1) is 0 Å². The van der Waals surface area contributed by atoms with Crippen molar-refractivity contribution in [1.82, 2.24) is 9.78 Å². The number of carboxylic acids is 1. The van der Waals surface area contributed by atoms with Gasteiger partial charge in [0.05, 0.1) is 0 Å². The second kappa shape index (κ2) is 5.27. The predicted octanol–water partition coefficient (Wildman–Crippen LogP) is 1.83. The molecule has 0 spiro atoms. The zero-order chi connectivity index (χ0) is 15.6. The van der Waals surface area contributed by atoms with E-state index in [1.807, 2.05) is 0 Å². The van der Waals surface area contributed by atoms with E-state index in [4.69, 9.17) is 5.11 Å². The first kappa shape index (κ1) is 14.6. The van der Waals surface area contributed by atoms with Gasteiger partial charge in [-0.1, -0.05) is 12.1 Å². The highest BCUT2D eigenvalue weighted by molar-refractivity contribution is 5.87. The standard InChI is InChI=1S/C12H7F3N2O4/c13-12(14,15)21-9-4-2-1-3-8(9)17-10(18)7(11(19)20)5-6-16-17/h1-6H,(H,19,20). The van der Waals surface area contributed by atoms with Crippen LogP contribution in [-0.2, 0) is 0 Å². The Bertz CT molecular complexity index is 740. The van der Waals surface area contributed by atoms with Crippen LogP contribution >= 0.6 is 0 Å². The van der Waals surface area contributed by atoms with Gasteiger partial charge in [-0.25, -0.2) is 4.79 Å². The Balaban J connectivity index is 2.61. The molecule has 6 nitrogen and oxygen atoms in total. The van der Waals surface area contributed by atoms with Gasteiger partial charge in [0.2, 0.25) is 0 Å². The summed E-state index contributed by atoms with van der Waals surface area (Å²) in [5.74, 6) is -2.17. The average molecular weight is 300 g/mol. The van der Waals surface area contributed by atoms with Crippen LogP contribution in [0.15, 0.2) is 41.3 Å². The summed E-state index contributed by atoms with van der Waals surface area (Å²) in [6.45, 7) is 0. The van der Waals surface area contributed by atoms with Crippen molar-refractivity contribution in [3.05, 3.63) is 52.4 Å². The molecule has 1 aromatic heterocycles. The van der Waals surface area contributed by atoms with Gasteiger partial charge >= 0.3 is 12.3 Å². The number of para-hydroxylation sites is 2. The van der Waals surface area contributed by atoms with E-state index in [1.54, 1.807) is 0 Å². The number of carboxylic acid groups (broad SMARTS) is 1. The molecule has 0 saturated heterocycles. The number of hydrogen-bond donors (Lipinski definition) is 1. The van der Waals surface area contributed by atoms with Crippen molar-refractivity contribution in [3.63, 3.8) is 0 Å². The fourth-order valence-electron chi connectivity index (χ4n) is 1.59. The molecule has 0 atom stereocenters. The molecule has 1 aromatic carbocycles. The van der Waals surface area contributed by atoms with E-state index in [1.165, 1.54) is 12.1 Å². The van der Waals surface area contributed by atoms with Gasteiger partial charge in [0, 0.05) is 6.20 Å². The Hall–Kier alpha value is -2.84. The van der Waals surface area contributed by atoms with Crippen molar-refractivity contribution in [2.45, 2.75) is 6.36 Å². The second-order valence-electron chi connectivity index (χ2n) is 3.78. The number of hydrogen-bond acceptors (Lipinski definition) is 4. The highest BCUT2D eigenvalue weighted by Crippen LogP contribution is 2.27. The van der Waals surface area contributed by atoms with Crippen LogP contribution in [0.25, 0.3) is 5.69 Å². The van der Waals surface area contributed by atoms with Crippen molar-refractivity contribution in [1.29, 1.82) is 0 Å². The van der Waals surface area contributed by atoms with Gasteiger partial charge in [-0.3, -0.25) is 4.79 Å². The largest absolute Gasteiger partial charge is 0.573 e. The number of nitrogens with zero attached hydrogens (tertiary/aromatic N) is 2. The first-order chi connectivity index (χ1) is 9.79. The van der Waals surface area contributed by atoms with Crippen molar-refractivity contribution in [2.24, 2.45) is 0 Å². The molecule has 110 valence electrons. The summed E-state index contributed by atoms with van der Waals surface area (Å²) in [5, 5.41) is 12.4. The minimum absolute atomic E-state index is 0.317. The molecule has 1 heterocycles. The molecule has 0 saturated carbocycles. The smallest absolute Gasteiger partial charge is 0.477 e. The molecule has 0 amide bonds. The summed E-state index contributed by atoms with van der Waals surface area (Å²) in [5.41, 5.74) is -2.00. The minimum Gasteiger partial charge on any atom is -0.477 e. The van der Waals surface area contributed by atoms with Crippen LogP contribution in [0.3, 0.4) is 0 Å². The van der Waals surface area contributed by atoms with Gasteiger partial charge in [-0.2, -0.15) is 9.78 Å². The van der Waals surface area contributed by atoms with Crippen LogP contribution in [-0.4, -0.2) is 27.2 Å². The normalized spacial score (nSPS) is 11.2. The molecule has 21 heavy (non-hydrogen) atoms. The number of aromatic carboxylic acids is 1. The molecular weight excluding hydrogens is 293 g/mol. The zero-order valence-corrected chi connectivity index (χ0v) is 10.2. The lowest BCUT2D eigenvalue weighted by molar-refractivity contribution is -0.274. The van der Waals surface area contributed by atoms with Crippen LogP contribution in [0.2, 0.25) is 0 Å². The molecule has 2 aromatic rings. The van der Waals surface area contributed by atoms with Gasteiger partial charge in [0.15, 0.2) is 5.75 Å². The van der Waals surface area contributed by atoms with Crippen molar-refractivity contribution < 1.29 is 27.8 Å². The van der Waals surface area contributed by atoms with E-state index in [0.717, 1.165) is 24.4 Å². The summed E-state index contributed by atoms with van der Waals surface area (Å²) < 4.78 is 41.3. The van der Waals surface area contributed by atoms with Crippen LogP contribution in [0.1, 0.15) is 10.4 Å². The van der Waals surface area contributed by atoms with Crippen LogP contribution < -0.4 is 10.3 Å². The van der Waals surface area contributed by atoms with E-state index in [-0.39, 0.29) is 5.69 Å². The third-order valence-electron chi connectivity index (χ3n) is 2.40. The summed E-state index contributed by atoms with van der Waals surface area (Å²) in [6.07, 6.45) is -3.96. The third kappa shape index (κ3) is 3.19. The van der Waals surface area contributed by atoms with Crippen LogP contribution in [0.4, 0.5) is 13.2 Å². The van der Waals surface area contributed by atoms with Gasteiger partial charge in [-0.15, -0.1) is 13.2 Å². The Morgan fingerprint density at radius 3 is 2.52 bits per heavy atom. The molecule has 0 unspecified atom stereocenters.